The Morgan fingerprint density at radius 1 is 1.47 bits per heavy atom. The quantitative estimate of drug-likeness (QED) is 0.549. The standard InChI is InChI=1S/C12H17NO3S/c1-3-16-12(15)7-10(14)8-13(2)9-11-5-4-6-17-11/h4-6H,3,7-9H2,1-2H3. The summed E-state index contributed by atoms with van der Waals surface area (Å²) < 4.78 is 4.72. The molecule has 1 aromatic rings. The molecular weight excluding hydrogens is 238 g/mol. The summed E-state index contributed by atoms with van der Waals surface area (Å²) in [6, 6.07) is 4.01. The molecule has 1 heterocycles. The first-order chi connectivity index (χ1) is 8.11. The van der Waals surface area contributed by atoms with Crippen molar-refractivity contribution in [2.24, 2.45) is 0 Å². The van der Waals surface area contributed by atoms with E-state index in [2.05, 4.69) is 0 Å². The highest BCUT2D eigenvalue weighted by atomic mass is 32.1. The van der Waals surface area contributed by atoms with Crippen LogP contribution in [0.15, 0.2) is 17.5 Å². The summed E-state index contributed by atoms with van der Waals surface area (Å²) in [5, 5.41) is 2.00. The lowest BCUT2D eigenvalue weighted by Gasteiger charge is -2.14. The van der Waals surface area contributed by atoms with E-state index in [4.69, 9.17) is 4.74 Å². The molecule has 0 N–H and O–H groups in total. The van der Waals surface area contributed by atoms with Crippen LogP contribution in [0.2, 0.25) is 0 Å². The molecule has 17 heavy (non-hydrogen) atoms. The fraction of sp³-hybridized carbons (Fsp3) is 0.500. The highest BCUT2D eigenvalue weighted by molar-refractivity contribution is 7.09. The molecule has 0 aliphatic heterocycles. The lowest BCUT2D eigenvalue weighted by atomic mass is 10.2. The van der Waals surface area contributed by atoms with Crippen LogP contribution >= 0.6 is 11.3 Å². The lowest BCUT2D eigenvalue weighted by molar-refractivity contribution is -0.145. The average molecular weight is 255 g/mol. The maximum Gasteiger partial charge on any atom is 0.313 e. The second-order valence-corrected chi connectivity index (χ2v) is 4.80. The molecule has 0 saturated carbocycles. The first-order valence-electron chi connectivity index (χ1n) is 5.50. The number of ether oxygens (including phenoxy) is 1. The summed E-state index contributed by atoms with van der Waals surface area (Å²) in [5.74, 6) is -0.551. The number of rotatable bonds is 7. The number of Topliss-reactive ketones (excluding diaryl/α,β-unsaturated/α-hetero) is 1. The van der Waals surface area contributed by atoms with Crippen molar-refractivity contribution in [2.45, 2.75) is 19.9 Å². The smallest absolute Gasteiger partial charge is 0.313 e. The highest BCUT2D eigenvalue weighted by Crippen LogP contribution is 2.10. The fourth-order valence-corrected chi connectivity index (χ4v) is 2.24. The predicted octanol–water partition coefficient (Wildman–Crippen LogP) is 1.70. The van der Waals surface area contributed by atoms with Gasteiger partial charge >= 0.3 is 5.97 Å². The molecule has 4 nitrogen and oxygen atoms in total. The van der Waals surface area contributed by atoms with Crippen molar-refractivity contribution in [3.05, 3.63) is 22.4 Å². The molecular formula is C12H17NO3S. The number of likely N-dealkylation sites (N-methyl/N-ethyl adjacent to an activating group) is 1. The number of esters is 1. The molecule has 5 heteroatoms. The van der Waals surface area contributed by atoms with Gasteiger partial charge in [-0.2, -0.15) is 0 Å². The van der Waals surface area contributed by atoms with E-state index in [0.717, 1.165) is 6.54 Å². The monoisotopic (exact) mass is 255 g/mol. The Morgan fingerprint density at radius 3 is 2.82 bits per heavy atom. The maximum atomic E-state index is 11.5. The van der Waals surface area contributed by atoms with Crippen LogP contribution in [0, 0.1) is 0 Å². The van der Waals surface area contributed by atoms with Gasteiger partial charge in [-0.25, -0.2) is 0 Å². The van der Waals surface area contributed by atoms with E-state index in [1.54, 1.807) is 18.3 Å². The topological polar surface area (TPSA) is 46.6 Å². The summed E-state index contributed by atoms with van der Waals surface area (Å²) in [4.78, 5) is 25.7. The van der Waals surface area contributed by atoms with E-state index < -0.39 is 5.97 Å². The minimum Gasteiger partial charge on any atom is -0.466 e. The molecule has 0 bridgehead atoms. The second-order valence-electron chi connectivity index (χ2n) is 3.77. The molecule has 0 unspecified atom stereocenters. The maximum absolute atomic E-state index is 11.5. The van der Waals surface area contributed by atoms with Gasteiger partial charge in [0.2, 0.25) is 0 Å². The minimum atomic E-state index is -0.443. The van der Waals surface area contributed by atoms with Crippen molar-refractivity contribution in [1.29, 1.82) is 0 Å². The van der Waals surface area contributed by atoms with Gasteiger partial charge in [-0.3, -0.25) is 14.5 Å². The number of hydrogen-bond acceptors (Lipinski definition) is 5. The number of hydrogen-bond donors (Lipinski definition) is 0. The van der Waals surface area contributed by atoms with E-state index in [1.807, 2.05) is 29.5 Å². The Morgan fingerprint density at radius 2 is 2.24 bits per heavy atom. The zero-order chi connectivity index (χ0) is 12.7. The zero-order valence-corrected chi connectivity index (χ0v) is 11.0. The van der Waals surface area contributed by atoms with Crippen molar-refractivity contribution in [2.75, 3.05) is 20.2 Å². The van der Waals surface area contributed by atoms with Crippen molar-refractivity contribution in [3.8, 4) is 0 Å². The average Bonchev–Trinajstić information content (AvgIpc) is 2.69. The van der Waals surface area contributed by atoms with Gasteiger partial charge in [0.1, 0.15) is 6.42 Å². The molecule has 0 fully saturated rings. The number of thiophene rings is 1. The fourth-order valence-electron chi connectivity index (χ4n) is 1.45. The van der Waals surface area contributed by atoms with Crippen LogP contribution in [-0.2, 0) is 20.9 Å². The molecule has 0 spiro atoms. The molecule has 0 saturated heterocycles. The van der Waals surface area contributed by atoms with Crippen LogP contribution < -0.4 is 0 Å². The van der Waals surface area contributed by atoms with Crippen LogP contribution in [0.4, 0.5) is 0 Å². The van der Waals surface area contributed by atoms with E-state index in [-0.39, 0.29) is 18.7 Å². The summed E-state index contributed by atoms with van der Waals surface area (Å²) in [6.45, 7) is 3.05. The van der Waals surface area contributed by atoms with Crippen LogP contribution in [0.1, 0.15) is 18.2 Å². The molecule has 0 aromatic carbocycles. The summed E-state index contributed by atoms with van der Waals surface area (Å²) >= 11 is 1.66. The number of carbonyl (C=O) groups is 2. The van der Waals surface area contributed by atoms with Gasteiger partial charge in [0.05, 0.1) is 13.2 Å². The van der Waals surface area contributed by atoms with Crippen LogP contribution in [0.5, 0.6) is 0 Å². The van der Waals surface area contributed by atoms with E-state index in [9.17, 15) is 9.59 Å². The lowest BCUT2D eigenvalue weighted by Crippen LogP contribution is -2.27. The summed E-state index contributed by atoms with van der Waals surface area (Å²) in [6.07, 6.45) is -0.136. The van der Waals surface area contributed by atoms with Crippen molar-refractivity contribution < 1.29 is 14.3 Å². The minimum absolute atomic E-state index is 0.109. The molecule has 94 valence electrons. The molecule has 0 aliphatic carbocycles. The third kappa shape index (κ3) is 5.60. The Kier molecular flexibility index (Phi) is 5.86. The molecule has 0 radical (unpaired) electrons. The first kappa shape index (κ1) is 13.9. The molecule has 0 atom stereocenters. The largest absolute Gasteiger partial charge is 0.466 e. The van der Waals surface area contributed by atoms with Gasteiger partial charge in [0, 0.05) is 11.4 Å². The molecule has 1 rings (SSSR count). The van der Waals surface area contributed by atoms with Crippen LogP contribution in [0.3, 0.4) is 0 Å². The van der Waals surface area contributed by atoms with Crippen molar-refractivity contribution in [1.82, 2.24) is 4.90 Å². The summed E-state index contributed by atoms with van der Waals surface area (Å²) in [7, 11) is 1.86. The number of nitrogens with zero attached hydrogens (tertiary/aromatic N) is 1. The molecule has 1 aromatic heterocycles. The van der Waals surface area contributed by atoms with Crippen LogP contribution in [0.25, 0.3) is 0 Å². The summed E-state index contributed by atoms with van der Waals surface area (Å²) in [5.41, 5.74) is 0. The molecule has 0 aliphatic rings. The predicted molar refractivity (Wildman–Crippen MR) is 66.9 cm³/mol. The van der Waals surface area contributed by atoms with E-state index in [1.165, 1.54) is 4.88 Å². The second kappa shape index (κ2) is 7.19. The highest BCUT2D eigenvalue weighted by Gasteiger charge is 2.12. The Labute approximate surface area is 105 Å². The van der Waals surface area contributed by atoms with Crippen LogP contribution in [-0.4, -0.2) is 36.9 Å². The Balaban J connectivity index is 2.28. The normalized spacial score (nSPS) is 10.5. The van der Waals surface area contributed by atoms with Gasteiger partial charge in [0.25, 0.3) is 0 Å². The van der Waals surface area contributed by atoms with Gasteiger partial charge < -0.3 is 4.74 Å². The Hall–Kier alpha value is -1.20. The zero-order valence-electron chi connectivity index (χ0n) is 10.1. The third-order valence-electron chi connectivity index (χ3n) is 2.10. The third-order valence-corrected chi connectivity index (χ3v) is 2.96. The van der Waals surface area contributed by atoms with Gasteiger partial charge in [-0.15, -0.1) is 11.3 Å². The van der Waals surface area contributed by atoms with Crippen molar-refractivity contribution >= 4 is 23.1 Å². The van der Waals surface area contributed by atoms with E-state index in [0.29, 0.717) is 6.61 Å². The number of carbonyl (C=O) groups excluding carboxylic acids is 2. The molecule has 0 amide bonds. The van der Waals surface area contributed by atoms with Crippen molar-refractivity contribution in [3.63, 3.8) is 0 Å². The first-order valence-corrected chi connectivity index (χ1v) is 6.38. The number of ketones is 1. The SMILES string of the molecule is CCOC(=O)CC(=O)CN(C)Cc1cccs1. The Bertz CT molecular complexity index is 362. The van der Waals surface area contributed by atoms with Gasteiger partial charge in [-0.1, -0.05) is 6.07 Å². The van der Waals surface area contributed by atoms with Gasteiger partial charge in [0.15, 0.2) is 5.78 Å². The van der Waals surface area contributed by atoms with E-state index >= 15 is 0 Å². The van der Waals surface area contributed by atoms with Gasteiger partial charge in [-0.05, 0) is 25.4 Å².